The first-order valence-corrected chi connectivity index (χ1v) is 6.12. The largest absolute Gasteiger partial charge is 0.300 e. The molecule has 1 heterocycles. The van der Waals surface area contributed by atoms with E-state index in [1.54, 1.807) is 0 Å². The van der Waals surface area contributed by atoms with Crippen LogP contribution in [0.5, 0.6) is 0 Å². The van der Waals surface area contributed by atoms with E-state index in [0.717, 1.165) is 17.8 Å². The van der Waals surface area contributed by atoms with Gasteiger partial charge in [-0.15, -0.1) is 10.2 Å². The highest BCUT2D eigenvalue weighted by molar-refractivity contribution is 7.15. The Bertz CT molecular complexity index is 357. The average molecular weight is 225 g/mol. The predicted octanol–water partition coefficient (Wildman–Crippen LogP) is 2.40. The number of carbonyl (C=O) groups is 1. The first-order valence-electron chi connectivity index (χ1n) is 5.31. The Morgan fingerprint density at radius 1 is 1.47 bits per heavy atom. The molecule has 1 fully saturated rings. The fourth-order valence-electron chi connectivity index (χ4n) is 1.40. The van der Waals surface area contributed by atoms with E-state index in [4.69, 9.17) is 0 Å². The molecule has 0 unspecified atom stereocenters. The van der Waals surface area contributed by atoms with Crippen molar-refractivity contribution in [3.63, 3.8) is 0 Å². The van der Waals surface area contributed by atoms with E-state index in [1.807, 2.05) is 0 Å². The van der Waals surface area contributed by atoms with Crippen molar-refractivity contribution in [2.24, 2.45) is 5.92 Å². The highest BCUT2D eigenvalue weighted by Gasteiger charge is 2.25. The number of aromatic nitrogens is 2. The molecular formula is C10H15N3OS. The quantitative estimate of drug-likeness (QED) is 0.859. The summed E-state index contributed by atoms with van der Waals surface area (Å²) in [7, 11) is 0. The third kappa shape index (κ3) is 2.34. The van der Waals surface area contributed by atoms with E-state index in [0.29, 0.717) is 11.0 Å². The third-order valence-electron chi connectivity index (χ3n) is 2.64. The van der Waals surface area contributed by atoms with Gasteiger partial charge in [-0.1, -0.05) is 31.6 Å². The van der Waals surface area contributed by atoms with Crippen LogP contribution in [0.1, 0.15) is 44.0 Å². The summed E-state index contributed by atoms with van der Waals surface area (Å²) in [4.78, 5) is 11.6. The normalized spacial score (nSPS) is 16.5. The molecule has 2 rings (SSSR count). The maximum atomic E-state index is 11.6. The van der Waals surface area contributed by atoms with Crippen LogP contribution in [0, 0.1) is 5.92 Å². The summed E-state index contributed by atoms with van der Waals surface area (Å²) in [6.45, 7) is 4.14. The molecule has 0 saturated heterocycles. The summed E-state index contributed by atoms with van der Waals surface area (Å²) in [5.41, 5.74) is 0. The zero-order chi connectivity index (χ0) is 10.8. The Hall–Kier alpha value is -0.970. The van der Waals surface area contributed by atoms with Gasteiger partial charge >= 0.3 is 0 Å². The Balaban J connectivity index is 1.95. The topological polar surface area (TPSA) is 54.9 Å². The van der Waals surface area contributed by atoms with E-state index in [1.165, 1.54) is 17.8 Å². The molecule has 1 aliphatic carbocycles. The van der Waals surface area contributed by atoms with Gasteiger partial charge in [-0.05, 0) is 12.8 Å². The Morgan fingerprint density at radius 3 is 2.67 bits per heavy atom. The van der Waals surface area contributed by atoms with Gasteiger partial charge in [-0.2, -0.15) is 0 Å². The Morgan fingerprint density at radius 2 is 2.20 bits per heavy atom. The third-order valence-corrected chi connectivity index (χ3v) is 3.78. The van der Waals surface area contributed by atoms with Crippen LogP contribution in [0.2, 0.25) is 0 Å². The van der Waals surface area contributed by atoms with Gasteiger partial charge in [0, 0.05) is 11.8 Å². The molecule has 82 valence electrons. The molecule has 1 N–H and O–H groups in total. The van der Waals surface area contributed by atoms with Crippen molar-refractivity contribution in [3.05, 3.63) is 5.01 Å². The van der Waals surface area contributed by atoms with Gasteiger partial charge in [0.15, 0.2) is 0 Å². The Kier molecular flexibility index (Phi) is 3.00. The number of amides is 1. The maximum absolute atomic E-state index is 11.6. The van der Waals surface area contributed by atoms with Crippen LogP contribution in [0.3, 0.4) is 0 Å². The van der Waals surface area contributed by atoms with Crippen molar-refractivity contribution in [2.75, 3.05) is 5.32 Å². The maximum Gasteiger partial charge on any atom is 0.229 e. The number of nitrogens with zero attached hydrogens (tertiary/aromatic N) is 2. The van der Waals surface area contributed by atoms with Crippen LogP contribution in [-0.4, -0.2) is 16.1 Å². The zero-order valence-electron chi connectivity index (χ0n) is 8.99. The molecule has 0 aromatic carbocycles. The van der Waals surface area contributed by atoms with Crippen LogP contribution in [0.4, 0.5) is 5.13 Å². The summed E-state index contributed by atoms with van der Waals surface area (Å²) in [5.74, 6) is 0.681. The molecule has 4 nitrogen and oxygen atoms in total. The molecule has 1 saturated carbocycles. The highest BCUT2D eigenvalue weighted by atomic mass is 32.1. The lowest BCUT2D eigenvalue weighted by atomic mass is 9.85. The van der Waals surface area contributed by atoms with Gasteiger partial charge in [0.1, 0.15) is 5.01 Å². The van der Waals surface area contributed by atoms with Gasteiger partial charge in [0.05, 0.1) is 0 Å². The lowest BCUT2D eigenvalue weighted by Crippen LogP contribution is -2.27. The number of anilines is 1. The van der Waals surface area contributed by atoms with Crippen molar-refractivity contribution < 1.29 is 4.79 Å². The number of hydrogen-bond acceptors (Lipinski definition) is 4. The second-order valence-electron chi connectivity index (χ2n) is 4.22. The van der Waals surface area contributed by atoms with Crippen LogP contribution in [0.15, 0.2) is 0 Å². The van der Waals surface area contributed by atoms with Crippen molar-refractivity contribution in [1.82, 2.24) is 10.2 Å². The second-order valence-corrected chi connectivity index (χ2v) is 5.23. The molecule has 0 aliphatic heterocycles. The summed E-state index contributed by atoms with van der Waals surface area (Å²) in [6, 6.07) is 0. The fraction of sp³-hybridized carbons (Fsp3) is 0.700. The summed E-state index contributed by atoms with van der Waals surface area (Å²) < 4.78 is 0. The molecular weight excluding hydrogens is 210 g/mol. The second kappa shape index (κ2) is 4.26. The van der Waals surface area contributed by atoms with Crippen LogP contribution in [0.25, 0.3) is 0 Å². The summed E-state index contributed by atoms with van der Waals surface area (Å²) in [5, 5.41) is 12.4. The molecule has 15 heavy (non-hydrogen) atoms. The highest BCUT2D eigenvalue weighted by Crippen LogP contribution is 2.29. The summed E-state index contributed by atoms with van der Waals surface area (Å²) >= 11 is 1.47. The van der Waals surface area contributed by atoms with Crippen molar-refractivity contribution >= 4 is 22.4 Å². The van der Waals surface area contributed by atoms with E-state index < -0.39 is 0 Å². The monoisotopic (exact) mass is 225 g/mol. The van der Waals surface area contributed by atoms with Crippen molar-refractivity contribution in [3.8, 4) is 0 Å². The zero-order valence-corrected chi connectivity index (χ0v) is 9.80. The van der Waals surface area contributed by atoms with Gasteiger partial charge in [0.2, 0.25) is 11.0 Å². The number of carbonyl (C=O) groups excluding carboxylic acids is 1. The minimum absolute atomic E-state index is 0.104. The van der Waals surface area contributed by atoms with E-state index in [-0.39, 0.29) is 11.8 Å². The fourth-order valence-corrected chi connectivity index (χ4v) is 2.15. The average Bonchev–Trinajstić information content (AvgIpc) is 2.48. The van der Waals surface area contributed by atoms with Crippen LogP contribution >= 0.6 is 11.3 Å². The molecule has 1 amide bonds. The molecule has 1 aromatic rings. The van der Waals surface area contributed by atoms with E-state index in [2.05, 4.69) is 29.4 Å². The molecule has 1 aliphatic rings. The number of nitrogens with one attached hydrogen (secondary N) is 1. The molecule has 0 atom stereocenters. The van der Waals surface area contributed by atoms with Gasteiger partial charge in [-0.25, -0.2) is 0 Å². The standard InChI is InChI=1S/C10H15N3OS/c1-6(2)9-12-13-10(15-9)11-8(14)7-4-3-5-7/h6-7H,3-5H2,1-2H3,(H,11,13,14). The first-order chi connectivity index (χ1) is 7.16. The lowest BCUT2D eigenvalue weighted by Gasteiger charge is -2.23. The molecule has 1 aromatic heterocycles. The van der Waals surface area contributed by atoms with Crippen molar-refractivity contribution in [2.45, 2.75) is 39.0 Å². The smallest absolute Gasteiger partial charge is 0.229 e. The van der Waals surface area contributed by atoms with E-state index in [9.17, 15) is 4.79 Å². The Labute approximate surface area is 93.1 Å². The number of hydrogen-bond donors (Lipinski definition) is 1. The predicted molar refractivity (Wildman–Crippen MR) is 60.0 cm³/mol. The minimum Gasteiger partial charge on any atom is -0.300 e. The van der Waals surface area contributed by atoms with Crippen LogP contribution < -0.4 is 5.32 Å². The molecule has 0 spiro atoms. The first kappa shape index (κ1) is 10.5. The van der Waals surface area contributed by atoms with Gasteiger partial charge in [0.25, 0.3) is 0 Å². The van der Waals surface area contributed by atoms with Crippen molar-refractivity contribution in [1.29, 1.82) is 0 Å². The minimum atomic E-state index is 0.104. The van der Waals surface area contributed by atoms with Crippen LogP contribution in [-0.2, 0) is 4.79 Å². The molecule has 0 radical (unpaired) electrons. The molecule has 5 heteroatoms. The SMILES string of the molecule is CC(C)c1nnc(NC(=O)C2CCC2)s1. The lowest BCUT2D eigenvalue weighted by molar-refractivity contribution is -0.122. The number of rotatable bonds is 3. The molecule has 0 bridgehead atoms. The van der Waals surface area contributed by atoms with E-state index >= 15 is 0 Å². The summed E-state index contributed by atoms with van der Waals surface area (Å²) in [6.07, 6.45) is 3.20. The van der Waals surface area contributed by atoms with Gasteiger partial charge in [-0.3, -0.25) is 4.79 Å². The van der Waals surface area contributed by atoms with Gasteiger partial charge < -0.3 is 5.32 Å².